The second kappa shape index (κ2) is 6.79. The van der Waals surface area contributed by atoms with Gasteiger partial charge in [-0.05, 0) is 42.3 Å². The maximum absolute atomic E-state index is 12.3. The van der Waals surface area contributed by atoms with Crippen molar-refractivity contribution in [3.05, 3.63) is 57.3 Å². The molecule has 6 heteroatoms. The molecule has 0 aliphatic carbocycles. The number of nitrogens with zero attached hydrogens (tertiary/aromatic N) is 2. The normalized spacial score (nSPS) is 11.9. The number of fused-ring (bicyclic) bond motifs is 1. The summed E-state index contributed by atoms with van der Waals surface area (Å²) in [6.07, 6.45) is 0.264. The number of aromatic nitrogens is 1. The molecule has 0 saturated carbocycles. The second-order valence-electron chi connectivity index (χ2n) is 5.54. The van der Waals surface area contributed by atoms with Gasteiger partial charge in [0.05, 0.1) is 23.7 Å². The summed E-state index contributed by atoms with van der Waals surface area (Å²) in [7, 11) is 3.53. The third-order valence-electron chi connectivity index (χ3n) is 3.81. The number of carbonyl (C=O) groups is 1. The van der Waals surface area contributed by atoms with Crippen LogP contribution in [0.15, 0.2) is 41.4 Å². The zero-order chi connectivity index (χ0) is 17.3. The van der Waals surface area contributed by atoms with Crippen LogP contribution in [0, 0.1) is 6.92 Å². The average molecular weight is 361 g/mol. The molecule has 0 atom stereocenters. The zero-order valence-electron chi connectivity index (χ0n) is 13.7. The minimum absolute atomic E-state index is 0.173. The van der Waals surface area contributed by atoms with Gasteiger partial charge in [0.2, 0.25) is 0 Å². The highest BCUT2D eigenvalue weighted by Crippen LogP contribution is 2.21. The number of hydrogen-bond acceptors (Lipinski definition) is 3. The molecule has 0 aliphatic heterocycles. The predicted molar refractivity (Wildman–Crippen MR) is 97.8 cm³/mol. The van der Waals surface area contributed by atoms with Gasteiger partial charge in [0.15, 0.2) is 4.80 Å². The first-order valence-electron chi connectivity index (χ1n) is 7.44. The summed E-state index contributed by atoms with van der Waals surface area (Å²) in [5, 5.41) is 0.677. The summed E-state index contributed by atoms with van der Waals surface area (Å²) >= 11 is 7.48. The first-order chi connectivity index (χ1) is 11.5. The molecule has 0 spiro atoms. The number of methoxy groups -OCH3 is 1. The van der Waals surface area contributed by atoms with Gasteiger partial charge in [-0.15, -0.1) is 0 Å². The van der Waals surface area contributed by atoms with Crippen LogP contribution in [-0.4, -0.2) is 17.6 Å². The standard InChI is InChI=1S/C18H17ClN2O2S/c1-11-8-12(4-7-15(11)23-3)9-17(22)20-18-21(2)14-6-5-13(19)10-16(14)24-18/h4-8,10H,9H2,1-3H3. The van der Waals surface area contributed by atoms with E-state index in [4.69, 9.17) is 16.3 Å². The molecule has 2 aromatic carbocycles. The summed E-state index contributed by atoms with van der Waals surface area (Å²) in [5.41, 5.74) is 2.94. The minimum Gasteiger partial charge on any atom is -0.496 e. The molecule has 0 radical (unpaired) electrons. The van der Waals surface area contributed by atoms with Crippen LogP contribution in [0.2, 0.25) is 5.02 Å². The van der Waals surface area contributed by atoms with Gasteiger partial charge in [-0.3, -0.25) is 4.79 Å². The van der Waals surface area contributed by atoms with Crippen molar-refractivity contribution < 1.29 is 9.53 Å². The molecule has 1 aromatic heterocycles. The molecule has 3 rings (SSSR count). The van der Waals surface area contributed by atoms with E-state index < -0.39 is 0 Å². The Balaban J connectivity index is 1.90. The molecule has 124 valence electrons. The summed E-state index contributed by atoms with van der Waals surface area (Å²) in [6.45, 7) is 1.96. The Bertz CT molecular complexity index is 988. The Kier molecular flexibility index (Phi) is 4.73. The zero-order valence-corrected chi connectivity index (χ0v) is 15.2. The van der Waals surface area contributed by atoms with Gasteiger partial charge < -0.3 is 9.30 Å². The van der Waals surface area contributed by atoms with Gasteiger partial charge in [-0.25, -0.2) is 0 Å². The molecular formula is C18H17ClN2O2S. The van der Waals surface area contributed by atoms with Crippen LogP contribution in [0.1, 0.15) is 11.1 Å². The van der Waals surface area contributed by atoms with E-state index in [2.05, 4.69) is 4.99 Å². The van der Waals surface area contributed by atoms with Crippen LogP contribution in [0.3, 0.4) is 0 Å². The number of amides is 1. The van der Waals surface area contributed by atoms with Crippen molar-refractivity contribution in [1.29, 1.82) is 0 Å². The minimum atomic E-state index is -0.173. The number of halogens is 1. The van der Waals surface area contributed by atoms with E-state index in [9.17, 15) is 4.79 Å². The lowest BCUT2D eigenvalue weighted by atomic mass is 10.1. The summed E-state index contributed by atoms with van der Waals surface area (Å²) < 4.78 is 8.16. The molecule has 0 fully saturated rings. The lowest BCUT2D eigenvalue weighted by Gasteiger charge is -2.05. The van der Waals surface area contributed by atoms with Gasteiger partial charge in [0.25, 0.3) is 5.91 Å². The third kappa shape index (κ3) is 3.37. The van der Waals surface area contributed by atoms with Crippen molar-refractivity contribution in [2.75, 3.05) is 7.11 Å². The Morgan fingerprint density at radius 1 is 1.29 bits per heavy atom. The molecule has 3 aromatic rings. The van der Waals surface area contributed by atoms with E-state index in [0.29, 0.717) is 9.82 Å². The Morgan fingerprint density at radius 3 is 2.79 bits per heavy atom. The number of rotatable bonds is 3. The van der Waals surface area contributed by atoms with Crippen LogP contribution in [0.5, 0.6) is 5.75 Å². The molecule has 4 nitrogen and oxygen atoms in total. The molecular weight excluding hydrogens is 344 g/mol. The maximum Gasteiger partial charge on any atom is 0.252 e. The number of carbonyl (C=O) groups excluding carboxylic acids is 1. The van der Waals surface area contributed by atoms with Crippen LogP contribution in [0.4, 0.5) is 0 Å². The summed E-state index contributed by atoms with van der Waals surface area (Å²) in [5.74, 6) is 0.642. The lowest BCUT2D eigenvalue weighted by molar-refractivity contribution is -0.117. The van der Waals surface area contributed by atoms with Crippen molar-refractivity contribution in [3.8, 4) is 5.75 Å². The predicted octanol–water partition coefficient (Wildman–Crippen LogP) is 3.88. The fourth-order valence-corrected chi connectivity index (χ4v) is 3.90. The summed E-state index contributed by atoms with van der Waals surface area (Å²) in [4.78, 5) is 17.2. The van der Waals surface area contributed by atoms with Crippen molar-refractivity contribution in [2.24, 2.45) is 12.0 Å². The lowest BCUT2D eigenvalue weighted by Crippen LogP contribution is -2.14. The summed E-state index contributed by atoms with van der Waals surface area (Å²) in [6, 6.07) is 11.4. The second-order valence-corrected chi connectivity index (χ2v) is 6.99. The van der Waals surface area contributed by atoms with Crippen LogP contribution in [0.25, 0.3) is 10.2 Å². The van der Waals surface area contributed by atoms with E-state index in [1.165, 1.54) is 11.3 Å². The van der Waals surface area contributed by atoms with Crippen LogP contribution >= 0.6 is 22.9 Å². The molecule has 1 amide bonds. The Labute approximate surface area is 149 Å². The van der Waals surface area contributed by atoms with Crippen molar-refractivity contribution in [1.82, 2.24) is 4.57 Å². The number of aryl methyl sites for hydroxylation is 2. The number of thiazole rings is 1. The van der Waals surface area contributed by atoms with E-state index in [-0.39, 0.29) is 12.3 Å². The fourth-order valence-electron chi connectivity index (χ4n) is 2.59. The monoisotopic (exact) mass is 360 g/mol. The first kappa shape index (κ1) is 16.7. The van der Waals surface area contributed by atoms with Gasteiger partial charge in [0.1, 0.15) is 5.75 Å². The van der Waals surface area contributed by atoms with E-state index >= 15 is 0 Å². The molecule has 1 heterocycles. The highest BCUT2D eigenvalue weighted by Gasteiger charge is 2.08. The van der Waals surface area contributed by atoms with E-state index in [0.717, 1.165) is 27.1 Å². The van der Waals surface area contributed by atoms with Gasteiger partial charge in [-0.1, -0.05) is 35.1 Å². The van der Waals surface area contributed by atoms with E-state index in [1.807, 2.05) is 54.9 Å². The van der Waals surface area contributed by atoms with Gasteiger partial charge >= 0.3 is 0 Å². The molecule has 0 N–H and O–H groups in total. The fraction of sp³-hybridized carbons (Fsp3) is 0.222. The number of benzene rings is 2. The number of ether oxygens (including phenoxy) is 1. The maximum atomic E-state index is 12.3. The first-order valence-corrected chi connectivity index (χ1v) is 8.63. The molecule has 0 aliphatic rings. The van der Waals surface area contributed by atoms with E-state index in [1.54, 1.807) is 7.11 Å². The SMILES string of the molecule is COc1ccc(CC(=O)N=c2sc3cc(Cl)ccc3n2C)cc1C. The average Bonchev–Trinajstić information content (AvgIpc) is 2.82. The van der Waals surface area contributed by atoms with Crippen molar-refractivity contribution >= 4 is 39.1 Å². The topological polar surface area (TPSA) is 43.6 Å². The molecule has 0 bridgehead atoms. The third-order valence-corrected chi connectivity index (χ3v) is 5.14. The molecule has 0 saturated heterocycles. The Hall–Kier alpha value is -2.11. The largest absolute Gasteiger partial charge is 0.496 e. The Morgan fingerprint density at radius 2 is 2.08 bits per heavy atom. The highest BCUT2D eigenvalue weighted by molar-refractivity contribution is 7.16. The smallest absolute Gasteiger partial charge is 0.252 e. The van der Waals surface area contributed by atoms with Crippen LogP contribution < -0.4 is 9.54 Å². The number of hydrogen-bond donors (Lipinski definition) is 0. The van der Waals surface area contributed by atoms with Gasteiger partial charge in [-0.2, -0.15) is 4.99 Å². The van der Waals surface area contributed by atoms with Crippen LogP contribution in [-0.2, 0) is 18.3 Å². The van der Waals surface area contributed by atoms with Crippen molar-refractivity contribution in [2.45, 2.75) is 13.3 Å². The highest BCUT2D eigenvalue weighted by atomic mass is 35.5. The molecule has 24 heavy (non-hydrogen) atoms. The molecule has 0 unspecified atom stereocenters. The van der Waals surface area contributed by atoms with Gasteiger partial charge in [0, 0.05) is 12.1 Å². The quantitative estimate of drug-likeness (QED) is 0.711. The van der Waals surface area contributed by atoms with Crippen molar-refractivity contribution in [3.63, 3.8) is 0 Å².